The van der Waals surface area contributed by atoms with Crippen LogP contribution >= 0.6 is 0 Å². The van der Waals surface area contributed by atoms with Crippen molar-refractivity contribution in [2.24, 2.45) is 0 Å². The van der Waals surface area contributed by atoms with E-state index in [0.717, 1.165) is 17.3 Å². The summed E-state index contributed by atoms with van der Waals surface area (Å²) in [6.07, 6.45) is 1.13. The molecule has 152 valence electrons. The molecule has 1 aliphatic heterocycles. The number of para-hydroxylation sites is 1. The molecule has 1 heterocycles. The van der Waals surface area contributed by atoms with Gasteiger partial charge in [0.15, 0.2) is 4.91 Å². The number of sulfonamides is 1. The van der Waals surface area contributed by atoms with Crippen LogP contribution in [0, 0.1) is 12.7 Å². The van der Waals surface area contributed by atoms with Gasteiger partial charge in [0.05, 0.1) is 12.2 Å². The molecule has 0 saturated carbocycles. The number of aryl methyl sites for hydroxylation is 1. The van der Waals surface area contributed by atoms with Gasteiger partial charge in [0.25, 0.3) is 10.0 Å². The second-order valence-corrected chi connectivity index (χ2v) is 8.84. The molecule has 5 nitrogen and oxygen atoms in total. The number of halogens is 1. The predicted octanol–water partition coefficient (Wildman–Crippen LogP) is 4.62. The van der Waals surface area contributed by atoms with Crippen molar-refractivity contribution in [3.63, 3.8) is 0 Å². The zero-order valence-corrected chi connectivity index (χ0v) is 17.0. The lowest BCUT2D eigenvalue weighted by Gasteiger charge is -2.31. The van der Waals surface area contributed by atoms with Gasteiger partial charge in [-0.15, -0.1) is 0 Å². The number of allylic oxidation sites excluding steroid dienone is 1. The number of hydrogen-bond acceptors (Lipinski definition) is 4. The Balaban J connectivity index is 1.79. The second kappa shape index (κ2) is 7.76. The Kier molecular flexibility index (Phi) is 5.13. The summed E-state index contributed by atoms with van der Waals surface area (Å²) in [5, 5.41) is 2.74. The van der Waals surface area contributed by atoms with Gasteiger partial charge in [-0.2, -0.15) is 0 Å². The molecular weight excluding hydrogens is 403 g/mol. The molecule has 4 rings (SSSR count). The van der Waals surface area contributed by atoms with Crippen LogP contribution in [0.25, 0.3) is 0 Å². The molecule has 1 aliphatic rings. The van der Waals surface area contributed by atoms with Crippen LogP contribution in [0.4, 0.5) is 15.8 Å². The first-order chi connectivity index (χ1) is 14.4. The topological polar surface area (TPSA) is 66.5 Å². The average Bonchev–Trinajstić information content (AvgIpc) is 2.71. The standard InChI is InChI=1S/C23H19FN2O3S/c1-16-6-4-7-17(12-16)15-26-21-11-3-2-10-20(21)23(27)22(30(26,28)29)14-25-19-9-5-8-18(24)13-19/h2-14,25H,15H2,1H3/b22-14+. The molecule has 30 heavy (non-hydrogen) atoms. The molecular formula is C23H19FN2O3S. The maximum Gasteiger partial charge on any atom is 0.270 e. The molecule has 0 spiro atoms. The van der Waals surface area contributed by atoms with Crippen molar-refractivity contribution in [1.82, 2.24) is 0 Å². The fraction of sp³-hybridized carbons (Fsp3) is 0.0870. The number of anilines is 2. The molecule has 3 aromatic carbocycles. The Bertz CT molecular complexity index is 1270. The van der Waals surface area contributed by atoms with Crippen molar-refractivity contribution in [3.8, 4) is 0 Å². The van der Waals surface area contributed by atoms with E-state index in [1.54, 1.807) is 30.3 Å². The molecule has 0 bridgehead atoms. The van der Waals surface area contributed by atoms with E-state index in [0.29, 0.717) is 16.9 Å². The van der Waals surface area contributed by atoms with Crippen molar-refractivity contribution >= 4 is 27.2 Å². The SMILES string of the molecule is Cc1cccc(CN2c3ccccc3C(=O)/C(=C\Nc3cccc(F)c3)S2(=O)=O)c1. The molecule has 0 atom stereocenters. The molecule has 0 radical (unpaired) electrons. The summed E-state index contributed by atoms with van der Waals surface area (Å²) in [5.74, 6) is -1.07. The Morgan fingerprint density at radius 1 is 1.00 bits per heavy atom. The van der Waals surface area contributed by atoms with E-state index < -0.39 is 26.5 Å². The van der Waals surface area contributed by atoms with Crippen molar-refractivity contribution < 1.29 is 17.6 Å². The summed E-state index contributed by atoms with van der Waals surface area (Å²) in [6, 6.07) is 19.7. The predicted molar refractivity (Wildman–Crippen MR) is 115 cm³/mol. The lowest BCUT2D eigenvalue weighted by atomic mass is 10.1. The van der Waals surface area contributed by atoms with Crippen LogP contribution in [0.3, 0.4) is 0 Å². The number of nitrogens with zero attached hydrogens (tertiary/aromatic N) is 1. The lowest BCUT2D eigenvalue weighted by Crippen LogP contribution is -2.39. The monoisotopic (exact) mass is 422 g/mol. The number of Topliss-reactive ketones (excluding diaryl/α,β-unsaturated/α-hetero) is 1. The van der Waals surface area contributed by atoms with E-state index in [2.05, 4.69) is 5.32 Å². The van der Waals surface area contributed by atoms with Gasteiger partial charge >= 0.3 is 0 Å². The summed E-state index contributed by atoms with van der Waals surface area (Å²) >= 11 is 0. The minimum absolute atomic E-state index is 0.0889. The average molecular weight is 422 g/mol. The zero-order chi connectivity index (χ0) is 21.3. The molecule has 0 aliphatic carbocycles. The number of benzene rings is 3. The fourth-order valence-corrected chi connectivity index (χ4v) is 4.92. The zero-order valence-electron chi connectivity index (χ0n) is 16.2. The molecule has 0 unspecified atom stereocenters. The molecule has 0 aromatic heterocycles. The minimum atomic E-state index is -4.13. The van der Waals surface area contributed by atoms with E-state index in [4.69, 9.17) is 0 Å². The highest BCUT2D eigenvalue weighted by atomic mass is 32.2. The highest BCUT2D eigenvalue weighted by molar-refractivity contribution is 7.97. The molecule has 0 saturated heterocycles. The Labute approximate surface area is 174 Å². The van der Waals surface area contributed by atoms with Gasteiger partial charge < -0.3 is 5.32 Å². The van der Waals surface area contributed by atoms with E-state index in [-0.39, 0.29) is 6.54 Å². The van der Waals surface area contributed by atoms with Gasteiger partial charge in [-0.1, -0.05) is 48.0 Å². The van der Waals surface area contributed by atoms with Crippen LogP contribution in [0.15, 0.2) is 83.9 Å². The Morgan fingerprint density at radius 2 is 1.77 bits per heavy atom. The van der Waals surface area contributed by atoms with Gasteiger partial charge in [0.2, 0.25) is 5.78 Å². The van der Waals surface area contributed by atoms with E-state index >= 15 is 0 Å². The van der Waals surface area contributed by atoms with E-state index in [1.165, 1.54) is 22.5 Å². The highest BCUT2D eigenvalue weighted by Gasteiger charge is 2.40. The van der Waals surface area contributed by atoms with Crippen LogP contribution < -0.4 is 9.62 Å². The fourth-order valence-electron chi connectivity index (χ4n) is 3.39. The maximum absolute atomic E-state index is 13.4. The second-order valence-electron chi connectivity index (χ2n) is 7.01. The van der Waals surface area contributed by atoms with Crippen LogP contribution in [0.1, 0.15) is 21.5 Å². The summed E-state index contributed by atoms with van der Waals surface area (Å²) in [6.45, 7) is 2.02. The third kappa shape index (κ3) is 3.71. The minimum Gasteiger partial charge on any atom is -0.360 e. The first-order valence-electron chi connectivity index (χ1n) is 9.30. The lowest BCUT2D eigenvalue weighted by molar-refractivity contribution is 0.104. The summed E-state index contributed by atoms with van der Waals surface area (Å²) in [4.78, 5) is 12.6. The van der Waals surface area contributed by atoms with Crippen molar-refractivity contribution in [1.29, 1.82) is 0 Å². The first-order valence-corrected chi connectivity index (χ1v) is 10.7. The third-order valence-corrected chi connectivity index (χ3v) is 6.58. The molecule has 0 fully saturated rings. The summed E-state index contributed by atoms with van der Waals surface area (Å²) in [5.41, 5.74) is 2.80. The number of fused-ring (bicyclic) bond motifs is 1. The third-order valence-electron chi connectivity index (χ3n) is 4.81. The number of hydrogen-bond donors (Lipinski definition) is 1. The first kappa shape index (κ1) is 19.8. The smallest absolute Gasteiger partial charge is 0.270 e. The Hall–Kier alpha value is -3.45. The summed E-state index contributed by atoms with van der Waals surface area (Å²) in [7, 11) is -4.13. The van der Waals surface area contributed by atoms with Crippen molar-refractivity contribution in [2.45, 2.75) is 13.5 Å². The van der Waals surface area contributed by atoms with Crippen molar-refractivity contribution in [2.75, 3.05) is 9.62 Å². The normalized spacial score (nSPS) is 16.4. The molecule has 0 amide bonds. The van der Waals surface area contributed by atoms with E-state index in [1.807, 2.05) is 31.2 Å². The summed E-state index contributed by atoms with van der Waals surface area (Å²) < 4.78 is 41.4. The van der Waals surface area contributed by atoms with E-state index in [9.17, 15) is 17.6 Å². The van der Waals surface area contributed by atoms with Crippen LogP contribution in [0.2, 0.25) is 0 Å². The van der Waals surface area contributed by atoms with Gasteiger partial charge in [0, 0.05) is 17.5 Å². The molecule has 7 heteroatoms. The number of nitrogens with one attached hydrogen (secondary N) is 1. The number of ketones is 1. The quantitative estimate of drug-likeness (QED) is 0.623. The maximum atomic E-state index is 13.4. The van der Waals surface area contributed by atoms with Gasteiger partial charge in [-0.05, 0) is 42.8 Å². The van der Waals surface area contributed by atoms with Gasteiger partial charge in [-0.3, -0.25) is 9.10 Å². The van der Waals surface area contributed by atoms with Gasteiger partial charge in [-0.25, -0.2) is 12.8 Å². The number of rotatable bonds is 4. The van der Waals surface area contributed by atoms with Crippen LogP contribution in [0.5, 0.6) is 0 Å². The van der Waals surface area contributed by atoms with Gasteiger partial charge in [0.1, 0.15) is 5.82 Å². The molecule has 3 aromatic rings. The van der Waals surface area contributed by atoms with Crippen molar-refractivity contribution in [3.05, 3.63) is 106 Å². The number of carbonyl (C=O) groups is 1. The molecule has 1 N–H and O–H groups in total. The van der Waals surface area contributed by atoms with Crippen LogP contribution in [-0.2, 0) is 16.6 Å². The highest BCUT2D eigenvalue weighted by Crippen LogP contribution is 2.36. The number of carbonyl (C=O) groups excluding carboxylic acids is 1. The van der Waals surface area contributed by atoms with Crippen LogP contribution in [-0.4, -0.2) is 14.2 Å². The Morgan fingerprint density at radius 3 is 2.53 bits per heavy atom. The largest absolute Gasteiger partial charge is 0.360 e.